The summed E-state index contributed by atoms with van der Waals surface area (Å²) in [4.78, 5) is 0. The lowest BCUT2D eigenvalue weighted by molar-refractivity contribution is 0.490. The number of hydrogen-bond acceptors (Lipinski definition) is 0. The zero-order valence-electron chi connectivity index (χ0n) is 10.8. The Morgan fingerprint density at radius 2 is 1.38 bits per heavy atom. The zero-order chi connectivity index (χ0) is 15.0. The summed E-state index contributed by atoms with van der Waals surface area (Å²) in [6.07, 6.45) is 0. The molecule has 3 aromatic carbocycles. The maximum absolute atomic E-state index is 13.9. The van der Waals surface area contributed by atoms with Gasteiger partial charge >= 0.3 is 0 Å². The lowest BCUT2D eigenvalue weighted by Crippen LogP contribution is -2.01. The molecule has 3 aromatic rings. The monoisotopic (exact) mass is 306 g/mol. The van der Waals surface area contributed by atoms with Crippen LogP contribution in [0.4, 0.5) is 13.2 Å². The Labute approximate surface area is 124 Å². The molecule has 4 heteroatoms. The van der Waals surface area contributed by atoms with Crippen LogP contribution in [0.1, 0.15) is 16.5 Å². The van der Waals surface area contributed by atoms with Gasteiger partial charge in [-0.25, -0.2) is 13.2 Å². The van der Waals surface area contributed by atoms with Gasteiger partial charge in [0.15, 0.2) is 11.6 Å². The minimum atomic E-state index is -1.22. The van der Waals surface area contributed by atoms with Gasteiger partial charge in [-0.1, -0.05) is 42.5 Å². The summed E-state index contributed by atoms with van der Waals surface area (Å²) in [5.74, 6) is -3.20. The zero-order valence-corrected chi connectivity index (χ0v) is 11.5. The summed E-state index contributed by atoms with van der Waals surface area (Å²) < 4.78 is 40.2. The predicted octanol–water partition coefficient (Wildman–Crippen LogP) is 5.59. The van der Waals surface area contributed by atoms with E-state index in [0.29, 0.717) is 11.6 Å². The smallest absolute Gasteiger partial charge is 0.161 e. The van der Waals surface area contributed by atoms with E-state index in [-0.39, 0.29) is 5.56 Å². The highest BCUT2D eigenvalue weighted by Crippen LogP contribution is 2.35. The minimum absolute atomic E-state index is 0.0769. The van der Waals surface area contributed by atoms with Crippen LogP contribution in [0.2, 0.25) is 0 Å². The van der Waals surface area contributed by atoms with Crippen molar-refractivity contribution >= 4 is 22.4 Å². The molecule has 0 aliphatic carbocycles. The van der Waals surface area contributed by atoms with Crippen LogP contribution < -0.4 is 0 Å². The van der Waals surface area contributed by atoms with Crippen molar-refractivity contribution in [1.29, 1.82) is 0 Å². The highest BCUT2D eigenvalue weighted by Gasteiger charge is 2.20. The first-order valence-electron chi connectivity index (χ1n) is 6.34. The summed E-state index contributed by atoms with van der Waals surface area (Å²) in [6, 6.07) is 14.3. The van der Waals surface area contributed by atoms with Gasteiger partial charge in [-0.15, -0.1) is 11.6 Å². The van der Waals surface area contributed by atoms with E-state index in [4.69, 9.17) is 11.6 Å². The van der Waals surface area contributed by atoms with E-state index in [1.165, 1.54) is 0 Å². The van der Waals surface area contributed by atoms with Crippen molar-refractivity contribution in [1.82, 2.24) is 0 Å². The Kier molecular flexibility index (Phi) is 3.60. The molecular weight excluding hydrogens is 297 g/mol. The Bertz CT molecular complexity index is 809. The van der Waals surface area contributed by atoms with Crippen LogP contribution in [0, 0.1) is 17.5 Å². The van der Waals surface area contributed by atoms with Crippen molar-refractivity contribution in [3.05, 3.63) is 83.2 Å². The predicted molar refractivity (Wildman–Crippen MR) is 78.0 cm³/mol. The van der Waals surface area contributed by atoms with Crippen LogP contribution in [-0.4, -0.2) is 0 Å². The molecule has 0 saturated heterocycles. The van der Waals surface area contributed by atoms with Crippen molar-refractivity contribution in [3.8, 4) is 0 Å². The minimum Gasteiger partial charge on any atom is -0.207 e. The molecule has 0 amide bonds. The quantitative estimate of drug-likeness (QED) is 0.428. The third kappa shape index (κ3) is 2.49. The Balaban J connectivity index is 2.17. The van der Waals surface area contributed by atoms with Gasteiger partial charge in [0.05, 0.1) is 5.38 Å². The molecule has 0 spiro atoms. The van der Waals surface area contributed by atoms with Crippen molar-refractivity contribution in [2.75, 3.05) is 0 Å². The lowest BCUT2D eigenvalue weighted by Gasteiger charge is -2.14. The molecule has 0 heterocycles. The van der Waals surface area contributed by atoms with Crippen LogP contribution in [0.3, 0.4) is 0 Å². The molecule has 0 N–H and O–H groups in total. The second-order valence-electron chi connectivity index (χ2n) is 4.72. The van der Waals surface area contributed by atoms with E-state index in [0.717, 1.165) is 16.8 Å². The summed E-state index contributed by atoms with van der Waals surface area (Å²) in [7, 11) is 0. The molecule has 0 aromatic heterocycles. The Hall–Kier alpha value is -2.00. The van der Waals surface area contributed by atoms with Crippen LogP contribution >= 0.6 is 11.6 Å². The standard InChI is InChI=1S/C17H10ClF3/c18-17(13-8-15(20)16(21)9-14(13)19)12-7-3-5-10-4-1-2-6-11(10)12/h1-9,17H. The van der Waals surface area contributed by atoms with Crippen LogP contribution in [-0.2, 0) is 0 Å². The second kappa shape index (κ2) is 5.41. The summed E-state index contributed by atoms with van der Waals surface area (Å²) >= 11 is 6.31. The fraction of sp³-hybridized carbons (Fsp3) is 0.0588. The van der Waals surface area contributed by atoms with Gasteiger partial charge in [-0.3, -0.25) is 0 Å². The SMILES string of the molecule is Fc1cc(F)c(C(Cl)c2cccc3ccccc23)cc1F. The molecule has 0 aliphatic heterocycles. The number of hydrogen-bond donors (Lipinski definition) is 0. The number of benzene rings is 3. The molecule has 0 fully saturated rings. The molecule has 0 radical (unpaired) electrons. The van der Waals surface area contributed by atoms with Crippen molar-refractivity contribution in [2.45, 2.75) is 5.38 Å². The van der Waals surface area contributed by atoms with Gasteiger partial charge in [0, 0.05) is 11.6 Å². The van der Waals surface area contributed by atoms with Crippen LogP contribution in [0.5, 0.6) is 0 Å². The summed E-state index contributed by atoms with van der Waals surface area (Å²) in [5, 5.41) is 0.902. The van der Waals surface area contributed by atoms with Gasteiger partial charge in [-0.05, 0) is 22.4 Å². The largest absolute Gasteiger partial charge is 0.207 e. The average molecular weight is 307 g/mol. The second-order valence-corrected chi connectivity index (χ2v) is 5.16. The van der Waals surface area contributed by atoms with Crippen LogP contribution in [0.25, 0.3) is 10.8 Å². The third-order valence-electron chi connectivity index (χ3n) is 3.41. The van der Waals surface area contributed by atoms with E-state index in [9.17, 15) is 13.2 Å². The fourth-order valence-corrected chi connectivity index (χ4v) is 2.73. The highest BCUT2D eigenvalue weighted by molar-refractivity contribution is 6.23. The van der Waals surface area contributed by atoms with Crippen LogP contribution in [0.15, 0.2) is 54.6 Å². The van der Waals surface area contributed by atoms with Gasteiger partial charge in [0.2, 0.25) is 0 Å². The molecule has 3 rings (SSSR count). The molecule has 21 heavy (non-hydrogen) atoms. The average Bonchev–Trinajstić information content (AvgIpc) is 2.49. The van der Waals surface area contributed by atoms with Crippen molar-refractivity contribution < 1.29 is 13.2 Å². The van der Waals surface area contributed by atoms with E-state index in [1.807, 2.05) is 30.3 Å². The van der Waals surface area contributed by atoms with E-state index in [2.05, 4.69) is 0 Å². The summed E-state index contributed by atoms with van der Waals surface area (Å²) in [6.45, 7) is 0. The maximum atomic E-state index is 13.9. The highest BCUT2D eigenvalue weighted by atomic mass is 35.5. The first-order chi connectivity index (χ1) is 10.1. The molecule has 1 atom stereocenters. The Morgan fingerprint density at radius 1 is 0.714 bits per heavy atom. The molecule has 0 bridgehead atoms. The third-order valence-corrected chi connectivity index (χ3v) is 3.88. The molecule has 0 aliphatic rings. The number of alkyl halides is 1. The molecule has 0 saturated carbocycles. The number of rotatable bonds is 2. The normalized spacial score (nSPS) is 12.6. The molecular formula is C17H10ClF3. The first kappa shape index (κ1) is 14.0. The van der Waals surface area contributed by atoms with Gasteiger partial charge in [0.25, 0.3) is 0 Å². The van der Waals surface area contributed by atoms with Gasteiger partial charge in [0.1, 0.15) is 5.82 Å². The molecule has 0 nitrogen and oxygen atoms in total. The summed E-state index contributed by atoms with van der Waals surface area (Å²) in [5.41, 5.74) is 0.576. The van der Waals surface area contributed by atoms with Crippen molar-refractivity contribution in [2.24, 2.45) is 0 Å². The first-order valence-corrected chi connectivity index (χ1v) is 6.78. The molecule has 106 valence electrons. The molecule has 1 unspecified atom stereocenters. The number of halogens is 4. The van der Waals surface area contributed by atoms with Gasteiger partial charge in [-0.2, -0.15) is 0 Å². The van der Waals surface area contributed by atoms with E-state index in [1.54, 1.807) is 12.1 Å². The Morgan fingerprint density at radius 3 is 2.19 bits per heavy atom. The lowest BCUT2D eigenvalue weighted by atomic mass is 9.97. The maximum Gasteiger partial charge on any atom is 0.161 e. The number of fused-ring (bicyclic) bond motifs is 1. The van der Waals surface area contributed by atoms with E-state index >= 15 is 0 Å². The topological polar surface area (TPSA) is 0 Å². The van der Waals surface area contributed by atoms with E-state index < -0.39 is 22.8 Å². The van der Waals surface area contributed by atoms with Gasteiger partial charge < -0.3 is 0 Å². The van der Waals surface area contributed by atoms with Crippen molar-refractivity contribution in [3.63, 3.8) is 0 Å². The fourth-order valence-electron chi connectivity index (χ4n) is 2.37.